The molecule has 62 heavy (non-hydrogen) atoms. The van der Waals surface area contributed by atoms with Gasteiger partial charge in [-0.25, -0.2) is 0 Å². The third-order valence-corrected chi connectivity index (χ3v) is 10.5. The van der Waals surface area contributed by atoms with E-state index in [1.54, 1.807) is 30.3 Å². The second kappa shape index (κ2) is 23.2. The van der Waals surface area contributed by atoms with Gasteiger partial charge in [0.15, 0.2) is 0 Å². The molecule has 14 nitrogen and oxygen atoms in total. The molecule has 0 bridgehead atoms. The van der Waals surface area contributed by atoms with Gasteiger partial charge in [-0.2, -0.15) is 0 Å². The fourth-order valence-corrected chi connectivity index (χ4v) is 7.43. The van der Waals surface area contributed by atoms with Crippen LogP contribution in [0.15, 0.2) is 97.1 Å². The zero-order valence-corrected chi connectivity index (χ0v) is 35.1. The Morgan fingerprint density at radius 2 is 1.37 bits per heavy atom. The molecule has 2 aliphatic heterocycles. The molecule has 6 rings (SSSR count). The molecule has 0 spiro atoms. The maximum atomic E-state index is 13.0. The minimum atomic E-state index is -0.736. The number of hydrogen-bond donors (Lipinski definition) is 4. The topological polar surface area (TPSA) is 182 Å². The molecule has 4 aromatic carbocycles. The van der Waals surface area contributed by atoms with Gasteiger partial charge >= 0.3 is 0 Å². The van der Waals surface area contributed by atoms with Crippen LogP contribution in [-0.2, 0) is 39.9 Å². The molecule has 2 heterocycles. The Kier molecular flexibility index (Phi) is 17.0. The van der Waals surface area contributed by atoms with Crippen molar-refractivity contribution in [3.63, 3.8) is 0 Å². The number of nitrogens with one attached hydrogen (secondary N) is 3. The molecular weight excluding hydrogens is 816 g/mol. The van der Waals surface area contributed by atoms with Crippen LogP contribution >= 0.6 is 11.6 Å². The van der Waals surface area contributed by atoms with E-state index in [1.165, 1.54) is 4.90 Å². The number of rotatable bonds is 23. The van der Waals surface area contributed by atoms with Crippen molar-refractivity contribution in [1.29, 1.82) is 0 Å². The minimum absolute atomic E-state index is 0.0898. The van der Waals surface area contributed by atoms with Crippen LogP contribution in [-0.4, -0.2) is 104 Å². The highest BCUT2D eigenvalue weighted by atomic mass is 35.5. The van der Waals surface area contributed by atoms with Crippen molar-refractivity contribution in [2.75, 3.05) is 64.0 Å². The van der Waals surface area contributed by atoms with Gasteiger partial charge in [-0.3, -0.25) is 29.3 Å². The summed E-state index contributed by atoms with van der Waals surface area (Å²) >= 11 is 6.27. The number of amides is 5. The van der Waals surface area contributed by atoms with Crippen molar-refractivity contribution in [3.8, 4) is 11.5 Å². The number of fused-ring (bicyclic) bond motifs is 1. The van der Waals surface area contributed by atoms with E-state index in [-0.39, 0.29) is 81.4 Å². The largest absolute Gasteiger partial charge is 0.508 e. The van der Waals surface area contributed by atoms with Gasteiger partial charge in [0.05, 0.1) is 52.6 Å². The quantitative estimate of drug-likeness (QED) is 0.0312. The Labute approximate surface area is 365 Å². The molecule has 1 saturated heterocycles. The molecule has 326 valence electrons. The molecule has 1 atom stereocenters. The van der Waals surface area contributed by atoms with Crippen LogP contribution in [0, 0.1) is 0 Å². The van der Waals surface area contributed by atoms with E-state index < -0.39 is 11.9 Å². The lowest BCUT2D eigenvalue weighted by molar-refractivity contribution is -0.137. The third-order valence-electron chi connectivity index (χ3n) is 10.3. The number of carbonyl (C=O) groups excluding carboxylic acids is 5. The van der Waals surface area contributed by atoms with Gasteiger partial charge in [-0.1, -0.05) is 60.7 Å². The Morgan fingerprint density at radius 1 is 0.726 bits per heavy atom. The number of nitrogens with zero attached hydrogens (tertiary/aromatic N) is 1. The third kappa shape index (κ3) is 12.7. The summed E-state index contributed by atoms with van der Waals surface area (Å²) in [5, 5.41) is 17.9. The van der Waals surface area contributed by atoms with E-state index in [4.69, 9.17) is 30.5 Å². The van der Waals surface area contributed by atoms with E-state index in [0.717, 1.165) is 27.8 Å². The number of imide groups is 1. The number of phenols is 1. The van der Waals surface area contributed by atoms with Crippen LogP contribution in [0.1, 0.15) is 64.7 Å². The number of allylic oxidation sites excluding steroid dienone is 1. The molecule has 1 fully saturated rings. The van der Waals surface area contributed by atoms with Crippen LogP contribution < -0.4 is 20.7 Å². The van der Waals surface area contributed by atoms with E-state index in [2.05, 4.69) is 28.1 Å². The zero-order valence-electron chi connectivity index (χ0n) is 34.4. The highest BCUT2D eigenvalue weighted by Gasteiger charge is 2.40. The number of benzene rings is 4. The van der Waals surface area contributed by atoms with E-state index in [0.29, 0.717) is 67.8 Å². The number of carbonyl (C=O) groups is 5. The van der Waals surface area contributed by atoms with Crippen LogP contribution in [0.4, 0.5) is 5.69 Å². The van der Waals surface area contributed by atoms with Gasteiger partial charge < -0.3 is 39.6 Å². The summed E-state index contributed by atoms with van der Waals surface area (Å²) in [5.41, 5.74) is 6.68. The summed E-state index contributed by atoms with van der Waals surface area (Å²) < 4.78 is 22.5. The standard InChI is InChI=1S/C47H51ClN4O10/c48-22-19-37(32-5-2-1-3-6-32)45(33-9-13-35(53)14-10-33)34-11-15-36(16-12-34)62-26-23-49-42(54)20-24-59-27-29-61-30-28-60-25-21-44(56)50-40-8-4-7-38-39(40)31-52(47(38)58)41-17-18-43(55)51-46(41)57/h1-16,41,53H,17-31H2,(H,49,54)(H,50,56)(H,51,55,57). The molecule has 4 N–H and O–H groups in total. The van der Waals surface area contributed by atoms with Gasteiger partial charge in [0.25, 0.3) is 5.91 Å². The minimum Gasteiger partial charge on any atom is -0.508 e. The normalized spacial score (nSPS) is 15.1. The van der Waals surface area contributed by atoms with Gasteiger partial charge in [0, 0.05) is 42.1 Å². The summed E-state index contributed by atoms with van der Waals surface area (Å²) in [6, 6.07) is 29.3. The molecule has 0 saturated carbocycles. The van der Waals surface area contributed by atoms with E-state index >= 15 is 0 Å². The average molecular weight is 867 g/mol. The fraction of sp³-hybridized carbons (Fsp3) is 0.340. The van der Waals surface area contributed by atoms with Crippen molar-refractivity contribution in [3.05, 3.63) is 125 Å². The molecule has 0 radical (unpaired) electrons. The summed E-state index contributed by atoms with van der Waals surface area (Å²) in [6.07, 6.45) is 1.36. The Bertz CT molecular complexity index is 2200. The summed E-state index contributed by atoms with van der Waals surface area (Å²) in [7, 11) is 0. The monoisotopic (exact) mass is 866 g/mol. The molecule has 0 aromatic heterocycles. The Hall–Kier alpha value is -6.06. The number of piperidine rings is 1. The van der Waals surface area contributed by atoms with E-state index in [1.807, 2.05) is 54.6 Å². The summed E-state index contributed by atoms with van der Waals surface area (Å²) in [5.74, 6) is -0.281. The molecular formula is C47H51ClN4O10. The second-order valence-corrected chi connectivity index (χ2v) is 14.9. The number of hydrogen-bond acceptors (Lipinski definition) is 10. The number of halogens is 1. The number of alkyl halides is 1. The van der Waals surface area contributed by atoms with Crippen LogP contribution in [0.5, 0.6) is 11.5 Å². The predicted molar refractivity (Wildman–Crippen MR) is 234 cm³/mol. The molecule has 15 heteroatoms. The van der Waals surface area contributed by atoms with Crippen molar-refractivity contribution < 1.29 is 48.0 Å². The fourth-order valence-electron chi connectivity index (χ4n) is 7.24. The first-order valence-electron chi connectivity index (χ1n) is 20.7. The molecule has 2 aliphatic rings. The second-order valence-electron chi connectivity index (χ2n) is 14.5. The van der Waals surface area contributed by atoms with Gasteiger partial charge in [0.2, 0.25) is 23.6 Å². The van der Waals surface area contributed by atoms with Crippen LogP contribution in [0.2, 0.25) is 0 Å². The number of phenolic OH excluding ortho intramolecular Hbond substituents is 1. The molecule has 4 aromatic rings. The van der Waals surface area contributed by atoms with Gasteiger partial charge in [-0.05, 0) is 77.1 Å². The van der Waals surface area contributed by atoms with Crippen LogP contribution in [0.3, 0.4) is 0 Å². The predicted octanol–water partition coefficient (Wildman–Crippen LogP) is 5.70. The first kappa shape index (κ1) is 45.5. The maximum absolute atomic E-state index is 13.0. The molecule has 5 amide bonds. The highest BCUT2D eigenvalue weighted by Crippen LogP contribution is 2.36. The zero-order chi connectivity index (χ0) is 43.7. The smallest absolute Gasteiger partial charge is 0.255 e. The first-order valence-corrected chi connectivity index (χ1v) is 21.2. The van der Waals surface area contributed by atoms with Crippen molar-refractivity contribution in [2.45, 2.75) is 44.7 Å². The summed E-state index contributed by atoms with van der Waals surface area (Å²) in [4.78, 5) is 63.3. The number of anilines is 1. The number of ether oxygens (including phenoxy) is 4. The Balaban J connectivity index is 0.806. The summed E-state index contributed by atoms with van der Waals surface area (Å²) in [6.45, 7) is 2.39. The van der Waals surface area contributed by atoms with Gasteiger partial charge in [-0.15, -0.1) is 11.6 Å². The molecule has 0 aliphatic carbocycles. The lowest BCUT2D eigenvalue weighted by Crippen LogP contribution is -2.52. The molecule has 1 unspecified atom stereocenters. The van der Waals surface area contributed by atoms with Gasteiger partial charge in [0.1, 0.15) is 24.1 Å². The van der Waals surface area contributed by atoms with Crippen molar-refractivity contribution >= 4 is 58.0 Å². The average Bonchev–Trinajstić information content (AvgIpc) is 3.61. The van der Waals surface area contributed by atoms with Crippen molar-refractivity contribution in [1.82, 2.24) is 15.5 Å². The lowest BCUT2D eigenvalue weighted by Gasteiger charge is -2.29. The van der Waals surface area contributed by atoms with E-state index in [9.17, 15) is 29.1 Å². The number of aromatic hydroxyl groups is 1. The Morgan fingerprint density at radius 3 is 2.03 bits per heavy atom. The van der Waals surface area contributed by atoms with Crippen molar-refractivity contribution in [2.24, 2.45) is 0 Å². The SMILES string of the molecule is O=C(CCOCCOCCOCCC(=O)Nc1cccc2c1CN(C1CCC(=O)NC1=O)C2=O)NCCOc1ccc(C(=C(CCCl)c2ccccc2)c2ccc(O)cc2)cc1. The first-order chi connectivity index (χ1) is 30.2. The lowest BCUT2D eigenvalue weighted by atomic mass is 9.88. The highest BCUT2D eigenvalue weighted by molar-refractivity contribution is 6.18. The maximum Gasteiger partial charge on any atom is 0.255 e. The van der Waals surface area contributed by atoms with Crippen LogP contribution in [0.25, 0.3) is 11.1 Å².